The molecule has 5 fully saturated rings. The number of aliphatic hydroxyl groups is 4. The van der Waals surface area contributed by atoms with Crippen LogP contribution in [0.25, 0.3) is 10.8 Å². The van der Waals surface area contributed by atoms with Crippen molar-refractivity contribution < 1.29 is 39.9 Å². The van der Waals surface area contributed by atoms with Crippen LogP contribution in [0.2, 0.25) is 0 Å². The molecule has 3 aromatic carbocycles. The molecule has 0 aromatic heterocycles. The number of piperidine rings is 1. The number of phenolic OH excluding ortho intramolecular Hbond substituents is 1. The predicted molar refractivity (Wildman–Crippen MR) is 265 cm³/mol. The molecule has 69 heavy (non-hydrogen) atoms. The summed E-state index contributed by atoms with van der Waals surface area (Å²) in [7, 11) is 1.48. The number of phenols is 1. The highest BCUT2D eigenvalue weighted by molar-refractivity contribution is 5.89. The number of fused-ring (bicyclic) bond motifs is 2. The van der Waals surface area contributed by atoms with Crippen molar-refractivity contribution in [1.82, 2.24) is 16.0 Å². The zero-order valence-corrected chi connectivity index (χ0v) is 40.2. The molecule has 16 atom stereocenters. The number of Topliss-reactive ketones (excluding diaryl/α,β-unsaturated/α-hetero) is 2. The number of dihydropyridines is 1. The van der Waals surface area contributed by atoms with Gasteiger partial charge in [-0.2, -0.15) is 0 Å². The summed E-state index contributed by atoms with van der Waals surface area (Å²) in [5.41, 5.74) is 8.28. The summed E-state index contributed by atoms with van der Waals surface area (Å²) in [5.74, 6) is 8.72. The largest absolute Gasteiger partial charge is 0.504 e. The first kappa shape index (κ1) is 47.9. The molecule has 1 spiro atoms. The zero-order chi connectivity index (χ0) is 48.1. The van der Waals surface area contributed by atoms with Crippen molar-refractivity contribution in [2.75, 3.05) is 33.3 Å². The second-order valence-electron chi connectivity index (χ2n) is 21.8. The number of benzene rings is 3. The fourth-order valence-corrected chi connectivity index (χ4v) is 15.0. The summed E-state index contributed by atoms with van der Waals surface area (Å²) in [6.07, 6.45) is 4.97. The van der Waals surface area contributed by atoms with Crippen molar-refractivity contribution in [3.63, 3.8) is 0 Å². The van der Waals surface area contributed by atoms with Crippen LogP contribution in [0.3, 0.4) is 0 Å². The van der Waals surface area contributed by atoms with Crippen molar-refractivity contribution in [2.24, 2.45) is 58.5 Å². The van der Waals surface area contributed by atoms with Crippen molar-refractivity contribution in [2.45, 2.75) is 120 Å². The molecule has 10 rings (SSSR count). The van der Waals surface area contributed by atoms with Gasteiger partial charge in [-0.15, -0.1) is 0 Å². The Labute approximate surface area is 406 Å². The van der Waals surface area contributed by atoms with Gasteiger partial charge in [0.15, 0.2) is 17.3 Å². The summed E-state index contributed by atoms with van der Waals surface area (Å²) >= 11 is 0. The maximum atomic E-state index is 14.7. The summed E-state index contributed by atoms with van der Waals surface area (Å²) in [6, 6.07) is 17.9. The molecule has 2 aliphatic heterocycles. The number of nitrogens with two attached hydrogens (primary N) is 1. The monoisotopic (exact) mass is 941 g/mol. The number of rotatable bonds is 12. The summed E-state index contributed by atoms with van der Waals surface area (Å²) in [5, 5.41) is 72.5. The van der Waals surface area contributed by atoms with Gasteiger partial charge in [-0.25, -0.2) is 0 Å². The molecule has 12 nitrogen and oxygen atoms in total. The first-order chi connectivity index (χ1) is 33.3. The maximum absolute atomic E-state index is 14.7. The minimum Gasteiger partial charge on any atom is -0.504 e. The Morgan fingerprint density at radius 2 is 1.77 bits per heavy atom. The molecule has 4 saturated carbocycles. The zero-order valence-electron chi connectivity index (χ0n) is 40.2. The highest BCUT2D eigenvalue weighted by atomic mass is 16.5. The molecule has 5 aliphatic carbocycles. The summed E-state index contributed by atoms with van der Waals surface area (Å²) < 4.78 is 5.53. The van der Waals surface area contributed by atoms with Crippen LogP contribution in [-0.4, -0.2) is 101 Å². The number of aliphatic hydroxyl groups excluding tert-OH is 4. The topological polar surface area (TPSA) is 207 Å². The van der Waals surface area contributed by atoms with E-state index in [4.69, 9.17) is 10.5 Å². The molecule has 12 heteroatoms. The molecule has 0 radical (unpaired) electrons. The van der Waals surface area contributed by atoms with Gasteiger partial charge in [-0.05, 0) is 170 Å². The molecular weight excluding hydrogens is 869 g/mol. The number of nitrogens with one attached hydrogen (secondary N) is 3. The summed E-state index contributed by atoms with van der Waals surface area (Å²) in [6.45, 7) is 5.08. The molecular formula is C57H72N4O8. The van der Waals surface area contributed by atoms with E-state index in [-0.39, 0.29) is 78.1 Å². The van der Waals surface area contributed by atoms with Gasteiger partial charge in [0.05, 0.1) is 37.3 Å². The average molecular weight is 941 g/mol. The van der Waals surface area contributed by atoms with Crippen LogP contribution in [0.1, 0.15) is 99.7 Å². The number of allylic oxidation sites excluding steroid dienone is 2. The number of aromatic hydroxyl groups is 1. The molecule has 3 aromatic rings. The fourth-order valence-electron chi connectivity index (χ4n) is 15.0. The molecule has 1 saturated heterocycles. The molecule has 0 bridgehead atoms. The second-order valence-corrected chi connectivity index (χ2v) is 21.8. The quantitative estimate of drug-likeness (QED) is 0.106. The van der Waals surface area contributed by atoms with Gasteiger partial charge in [0.2, 0.25) is 0 Å². The predicted octanol–water partition coefficient (Wildman–Crippen LogP) is 5.35. The number of hydrogen-bond acceptors (Lipinski definition) is 12. The van der Waals surface area contributed by atoms with Crippen molar-refractivity contribution in [3.8, 4) is 23.3 Å². The molecule has 7 aliphatic rings. The lowest BCUT2D eigenvalue weighted by atomic mass is 9.45. The lowest BCUT2D eigenvalue weighted by molar-refractivity contribution is -0.166. The van der Waals surface area contributed by atoms with Gasteiger partial charge >= 0.3 is 0 Å². The second kappa shape index (κ2) is 19.8. The normalized spacial score (nSPS) is 35.3. The standard InChI is InChI=1S/C57H72N4O8/c1-3-59-30-44-43(20-39-29-61-45-26-40(62)19-38-22-49(66)56(44)55(39)54(38)45)36-13-16-57(52(68)24-36)15-12-35(42-28-48(65)50(69-2)23-34(42)10-11-51(57)67)21-46(63)47(64)27-41(37-14-17-60-53(58)25-37)33-9-8-31-6-4-5-7-32(31)18-33/h4-9,14,18,23,25,28,35-36,38-39,41,43-47,49,52,54-56,59-61,63-66,68H,3,10-11,13,16-17,19-22,24,26-27,29-30,58H2,1-2H3/t35-,36+,38+,39-,41+,43+,44+,45-,46+,47-,49-,52-,54+,55+,56+,57-/m1/s1. The third-order valence-corrected chi connectivity index (χ3v) is 18.2. The van der Waals surface area contributed by atoms with Crippen molar-refractivity contribution in [3.05, 3.63) is 94.8 Å². The minimum atomic E-state index is -1.33. The van der Waals surface area contributed by atoms with E-state index in [2.05, 4.69) is 71.1 Å². The number of carbonyl (C=O) groups is 2. The van der Waals surface area contributed by atoms with Gasteiger partial charge < -0.3 is 52.0 Å². The van der Waals surface area contributed by atoms with E-state index >= 15 is 0 Å². The first-order valence-electron chi connectivity index (χ1n) is 25.9. The smallest absolute Gasteiger partial charge is 0.160 e. The Hall–Kier alpha value is -4.74. The van der Waals surface area contributed by atoms with E-state index in [1.54, 1.807) is 12.1 Å². The van der Waals surface area contributed by atoms with Gasteiger partial charge in [0.1, 0.15) is 11.2 Å². The number of carbonyl (C=O) groups excluding carboxylic acids is 2. The van der Waals surface area contributed by atoms with Crippen molar-refractivity contribution in [1.29, 1.82) is 0 Å². The van der Waals surface area contributed by atoms with Crippen LogP contribution in [0.15, 0.2) is 78.1 Å². The molecule has 0 amide bonds. The average Bonchev–Trinajstić information content (AvgIpc) is 3.39. The Balaban J connectivity index is 0.928. The minimum absolute atomic E-state index is 0.0182. The van der Waals surface area contributed by atoms with Gasteiger partial charge in [0, 0.05) is 43.7 Å². The molecule has 368 valence electrons. The molecule has 0 unspecified atom stereocenters. The van der Waals surface area contributed by atoms with E-state index in [1.165, 1.54) is 7.11 Å². The molecule has 10 N–H and O–H groups in total. The Kier molecular flexibility index (Phi) is 13.8. The highest BCUT2D eigenvalue weighted by Gasteiger charge is 2.61. The fraction of sp³-hybridized carbons (Fsp3) is 0.579. The number of hydrogen-bond donors (Lipinski definition) is 9. The third-order valence-electron chi connectivity index (χ3n) is 18.2. The molecule has 2 heterocycles. The number of aryl methyl sites for hydroxylation is 1. The number of ether oxygens (including phenoxy) is 1. The van der Waals surface area contributed by atoms with E-state index in [1.807, 2.05) is 18.2 Å². The lowest BCUT2D eigenvalue weighted by Gasteiger charge is -2.63. The lowest BCUT2D eigenvalue weighted by Crippen LogP contribution is -2.66. The van der Waals surface area contributed by atoms with Crippen LogP contribution in [0, 0.1) is 64.6 Å². The van der Waals surface area contributed by atoms with E-state index in [0.29, 0.717) is 86.4 Å². The Bertz CT molecular complexity index is 2550. The number of ketones is 2. The first-order valence-corrected chi connectivity index (χ1v) is 25.9. The number of methoxy groups -OCH3 is 1. The Morgan fingerprint density at radius 3 is 2.55 bits per heavy atom. The van der Waals surface area contributed by atoms with Crippen LogP contribution in [-0.2, 0) is 16.0 Å². The van der Waals surface area contributed by atoms with E-state index in [0.717, 1.165) is 53.5 Å². The van der Waals surface area contributed by atoms with E-state index < -0.39 is 35.7 Å². The van der Waals surface area contributed by atoms with Crippen LogP contribution >= 0.6 is 0 Å². The van der Waals surface area contributed by atoms with Gasteiger partial charge in [0.25, 0.3) is 0 Å². The SMILES string of the molecule is CCNC[C@H]1[C@H]([C@H]2CC[C@@]3(C#C[C@H](C[C@H](O)[C@H](O)C[C@H](C4=CCNC(N)=C4)c4ccc5ccccc5c4)c4cc(O)c(OC)cc4CCC3=O)[C@H](O)C2)C[C@@H]2CN[C@@H]3CC(=O)C[C@H]4C[C@@H](O)[C@H]1[C@@H]2[C@@H]43. The summed E-state index contributed by atoms with van der Waals surface area (Å²) in [4.78, 5) is 27.5. The maximum Gasteiger partial charge on any atom is 0.160 e. The van der Waals surface area contributed by atoms with Crippen LogP contribution in [0.4, 0.5) is 0 Å². The van der Waals surface area contributed by atoms with Crippen molar-refractivity contribution >= 4 is 22.3 Å². The van der Waals surface area contributed by atoms with E-state index in [9.17, 15) is 35.1 Å². The van der Waals surface area contributed by atoms with Gasteiger partial charge in [-0.3, -0.25) is 9.59 Å². The van der Waals surface area contributed by atoms with Crippen LogP contribution < -0.4 is 26.4 Å². The Morgan fingerprint density at radius 1 is 0.942 bits per heavy atom. The van der Waals surface area contributed by atoms with Gasteiger partial charge in [-0.1, -0.05) is 67.3 Å². The third kappa shape index (κ3) is 9.13. The highest BCUT2D eigenvalue weighted by Crippen LogP contribution is 2.60. The van der Waals surface area contributed by atoms with Crippen LogP contribution in [0.5, 0.6) is 11.5 Å².